The lowest BCUT2D eigenvalue weighted by Crippen LogP contribution is -2.29. The lowest BCUT2D eigenvalue weighted by Gasteiger charge is -2.08. The topological polar surface area (TPSA) is 50.4 Å². The molecule has 0 radical (unpaired) electrons. The van der Waals surface area contributed by atoms with Crippen LogP contribution in [0.15, 0.2) is 60.7 Å². The predicted octanol–water partition coefficient (Wildman–Crippen LogP) is 4.24. The summed E-state index contributed by atoms with van der Waals surface area (Å²) >= 11 is 0. The summed E-state index contributed by atoms with van der Waals surface area (Å²) in [6.07, 6.45) is 3.84. The van der Waals surface area contributed by atoms with Crippen LogP contribution in [0.25, 0.3) is 0 Å². The monoisotopic (exact) mass is 326 g/mol. The number of hydrogen-bond donors (Lipinski definition) is 2. The van der Waals surface area contributed by atoms with Gasteiger partial charge in [-0.2, -0.15) is 0 Å². The molecule has 0 heterocycles. The summed E-state index contributed by atoms with van der Waals surface area (Å²) in [4.78, 5) is 11.5. The maximum absolute atomic E-state index is 11.5. The number of anilines is 1. The molecule has 2 aromatic carbocycles. The molecule has 2 aromatic rings. The van der Waals surface area contributed by atoms with Gasteiger partial charge in [0.2, 0.25) is 0 Å². The average molecular weight is 326 g/mol. The number of carbonyl (C=O) groups is 1. The molecule has 0 fully saturated rings. The minimum absolute atomic E-state index is 0.340. The number of alkyl carbamates (subject to hydrolysis) is 1. The molecule has 0 bridgehead atoms. The standard InChI is InChI=1S/C20H26N2O2/c23-20(22-16-15-21-19-13-7-2-8-14-19)24-17-9-3-6-12-18-10-4-1-5-11-18/h1-2,4-5,7-8,10-11,13-14,21H,3,6,9,12,15-17H2,(H,22,23). The van der Waals surface area contributed by atoms with E-state index in [4.69, 9.17) is 4.74 Å². The highest BCUT2D eigenvalue weighted by Gasteiger charge is 2.00. The molecule has 2 rings (SSSR count). The molecule has 0 aliphatic rings. The number of aryl methyl sites for hydroxylation is 1. The molecule has 0 aliphatic carbocycles. The molecule has 0 aliphatic heterocycles. The largest absolute Gasteiger partial charge is 0.450 e. The lowest BCUT2D eigenvalue weighted by atomic mass is 10.1. The van der Waals surface area contributed by atoms with E-state index in [0.717, 1.165) is 31.4 Å². The molecule has 0 saturated heterocycles. The van der Waals surface area contributed by atoms with Gasteiger partial charge in [-0.05, 0) is 43.4 Å². The first-order chi connectivity index (χ1) is 11.8. The van der Waals surface area contributed by atoms with E-state index >= 15 is 0 Å². The summed E-state index contributed by atoms with van der Waals surface area (Å²) in [5.41, 5.74) is 2.41. The van der Waals surface area contributed by atoms with Crippen LogP contribution in [0.1, 0.15) is 24.8 Å². The van der Waals surface area contributed by atoms with Crippen LogP contribution in [0.3, 0.4) is 0 Å². The highest BCUT2D eigenvalue weighted by molar-refractivity contribution is 5.67. The van der Waals surface area contributed by atoms with Crippen molar-refractivity contribution in [2.24, 2.45) is 0 Å². The summed E-state index contributed by atoms with van der Waals surface area (Å²) in [5, 5.41) is 5.98. The Balaban J connectivity index is 1.42. The molecule has 128 valence electrons. The van der Waals surface area contributed by atoms with Gasteiger partial charge in [-0.1, -0.05) is 48.5 Å². The summed E-state index contributed by atoms with van der Waals surface area (Å²) in [5.74, 6) is 0. The Morgan fingerprint density at radius 2 is 1.54 bits per heavy atom. The molecule has 4 heteroatoms. The van der Waals surface area contributed by atoms with Crippen molar-refractivity contribution in [2.75, 3.05) is 25.0 Å². The summed E-state index contributed by atoms with van der Waals surface area (Å²) in [6, 6.07) is 20.4. The Labute approximate surface area is 144 Å². The smallest absolute Gasteiger partial charge is 0.407 e. The van der Waals surface area contributed by atoms with Crippen molar-refractivity contribution in [3.05, 3.63) is 66.2 Å². The van der Waals surface area contributed by atoms with Gasteiger partial charge < -0.3 is 15.4 Å². The second-order valence-electron chi connectivity index (χ2n) is 5.65. The van der Waals surface area contributed by atoms with Crippen LogP contribution < -0.4 is 10.6 Å². The number of carbonyl (C=O) groups excluding carboxylic acids is 1. The number of ether oxygens (including phenoxy) is 1. The zero-order valence-corrected chi connectivity index (χ0v) is 14.0. The highest BCUT2D eigenvalue weighted by Crippen LogP contribution is 2.06. The molecule has 0 saturated carbocycles. The van der Waals surface area contributed by atoms with Crippen molar-refractivity contribution >= 4 is 11.8 Å². The number of nitrogens with one attached hydrogen (secondary N) is 2. The van der Waals surface area contributed by atoms with E-state index in [2.05, 4.69) is 34.9 Å². The van der Waals surface area contributed by atoms with Crippen LogP contribution in [-0.2, 0) is 11.2 Å². The van der Waals surface area contributed by atoms with Crippen LogP contribution in [0.4, 0.5) is 10.5 Å². The van der Waals surface area contributed by atoms with Crippen molar-refractivity contribution in [1.29, 1.82) is 0 Å². The SMILES string of the molecule is O=C(NCCNc1ccccc1)OCCCCCc1ccccc1. The van der Waals surface area contributed by atoms with Gasteiger partial charge in [-0.15, -0.1) is 0 Å². The summed E-state index contributed by atoms with van der Waals surface area (Å²) in [7, 11) is 0. The van der Waals surface area contributed by atoms with Crippen molar-refractivity contribution in [3.63, 3.8) is 0 Å². The predicted molar refractivity (Wildman–Crippen MR) is 98.3 cm³/mol. The molecular formula is C20H26N2O2. The minimum atomic E-state index is -0.340. The van der Waals surface area contributed by atoms with E-state index in [0.29, 0.717) is 19.7 Å². The Morgan fingerprint density at radius 1 is 0.833 bits per heavy atom. The normalized spacial score (nSPS) is 10.2. The van der Waals surface area contributed by atoms with Gasteiger partial charge >= 0.3 is 6.09 Å². The molecule has 4 nitrogen and oxygen atoms in total. The van der Waals surface area contributed by atoms with E-state index in [-0.39, 0.29) is 6.09 Å². The second kappa shape index (κ2) is 11.1. The number of benzene rings is 2. The van der Waals surface area contributed by atoms with E-state index in [1.807, 2.05) is 36.4 Å². The molecular weight excluding hydrogens is 300 g/mol. The lowest BCUT2D eigenvalue weighted by molar-refractivity contribution is 0.144. The van der Waals surface area contributed by atoms with E-state index in [9.17, 15) is 4.79 Å². The fourth-order valence-electron chi connectivity index (χ4n) is 2.40. The van der Waals surface area contributed by atoms with Crippen molar-refractivity contribution < 1.29 is 9.53 Å². The van der Waals surface area contributed by atoms with Gasteiger partial charge in [0.05, 0.1) is 6.61 Å². The summed E-state index contributed by atoms with van der Waals surface area (Å²) in [6.45, 7) is 1.70. The number of amides is 1. The Bertz CT molecular complexity index is 573. The maximum Gasteiger partial charge on any atom is 0.407 e. The first kappa shape index (κ1) is 17.9. The van der Waals surface area contributed by atoms with Crippen LogP contribution in [-0.4, -0.2) is 25.8 Å². The van der Waals surface area contributed by atoms with Crippen LogP contribution in [0.5, 0.6) is 0 Å². The highest BCUT2D eigenvalue weighted by atomic mass is 16.5. The van der Waals surface area contributed by atoms with Crippen LogP contribution in [0, 0.1) is 0 Å². The Morgan fingerprint density at radius 3 is 2.29 bits per heavy atom. The van der Waals surface area contributed by atoms with Gasteiger partial charge in [0, 0.05) is 18.8 Å². The second-order valence-corrected chi connectivity index (χ2v) is 5.65. The third kappa shape index (κ3) is 7.68. The molecule has 0 aromatic heterocycles. The van der Waals surface area contributed by atoms with Gasteiger partial charge in [0.15, 0.2) is 0 Å². The van der Waals surface area contributed by atoms with Crippen LogP contribution in [0.2, 0.25) is 0 Å². The van der Waals surface area contributed by atoms with E-state index in [1.54, 1.807) is 0 Å². The van der Waals surface area contributed by atoms with Gasteiger partial charge in [-0.25, -0.2) is 4.79 Å². The average Bonchev–Trinajstić information content (AvgIpc) is 2.63. The first-order valence-corrected chi connectivity index (χ1v) is 8.58. The molecule has 0 unspecified atom stereocenters. The van der Waals surface area contributed by atoms with E-state index in [1.165, 1.54) is 5.56 Å². The van der Waals surface area contributed by atoms with Crippen molar-refractivity contribution in [2.45, 2.75) is 25.7 Å². The zero-order valence-electron chi connectivity index (χ0n) is 14.0. The fourth-order valence-corrected chi connectivity index (χ4v) is 2.40. The minimum Gasteiger partial charge on any atom is -0.450 e. The molecule has 0 atom stereocenters. The van der Waals surface area contributed by atoms with Crippen molar-refractivity contribution in [1.82, 2.24) is 5.32 Å². The third-order valence-electron chi connectivity index (χ3n) is 3.68. The molecule has 24 heavy (non-hydrogen) atoms. The number of rotatable bonds is 10. The third-order valence-corrected chi connectivity index (χ3v) is 3.68. The number of unbranched alkanes of at least 4 members (excludes halogenated alkanes) is 2. The van der Waals surface area contributed by atoms with Gasteiger partial charge in [0.1, 0.15) is 0 Å². The quantitative estimate of drug-likeness (QED) is 0.642. The summed E-state index contributed by atoms with van der Waals surface area (Å²) < 4.78 is 5.17. The number of para-hydroxylation sites is 1. The maximum atomic E-state index is 11.5. The van der Waals surface area contributed by atoms with Gasteiger partial charge in [-0.3, -0.25) is 0 Å². The molecule has 1 amide bonds. The molecule has 2 N–H and O–H groups in total. The van der Waals surface area contributed by atoms with Crippen molar-refractivity contribution in [3.8, 4) is 0 Å². The Kier molecular flexibility index (Phi) is 8.27. The van der Waals surface area contributed by atoms with E-state index < -0.39 is 0 Å². The zero-order chi connectivity index (χ0) is 16.9. The Hall–Kier alpha value is -2.49. The van der Waals surface area contributed by atoms with Crippen LogP contribution >= 0.6 is 0 Å². The first-order valence-electron chi connectivity index (χ1n) is 8.58. The number of hydrogen-bond acceptors (Lipinski definition) is 3. The fraction of sp³-hybridized carbons (Fsp3) is 0.350. The molecule has 0 spiro atoms. The van der Waals surface area contributed by atoms with Gasteiger partial charge in [0.25, 0.3) is 0 Å².